The lowest BCUT2D eigenvalue weighted by Crippen LogP contribution is -2.52. The van der Waals surface area contributed by atoms with Crippen LogP contribution in [-0.4, -0.2) is 28.7 Å². The number of rotatable bonds is 2. The van der Waals surface area contributed by atoms with E-state index in [0.29, 0.717) is 18.5 Å². The number of imide groups is 1. The Morgan fingerprint density at radius 3 is 2.52 bits per heavy atom. The molecule has 1 saturated heterocycles. The van der Waals surface area contributed by atoms with Crippen LogP contribution in [0.1, 0.15) is 28.8 Å². The second kappa shape index (κ2) is 6.11. The number of nitrogens with one attached hydrogen (secondary N) is 1. The zero-order valence-corrected chi connectivity index (χ0v) is 14.9. The Hall–Kier alpha value is -2.47. The van der Waals surface area contributed by atoms with Gasteiger partial charge in [0.1, 0.15) is 6.04 Å². The van der Waals surface area contributed by atoms with E-state index in [0.717, 1.165) is 21.2 Å². The molecule has 25 heavy (non-hydrogen) atoms. The summed E-state index contributed by atoms with van der Waals surface area (Å²) in [5.74, 6) is -0.847. The molecule has 1 unspecified atom stereocenters. The predicted octanol–water partition coefficient (Wildman–Crippen LogP) is 2.88. The van der Waals surface area contributed by atoms with E-state index in [-0.39, 0.29) is 18.2 Å². The van der Waals surface area contributed by atoms with Gasteiger partial charge >= 0.3 is 0 Å². The number of piperidine rings is 1. The molecule has 2 heterocycles. The van der Waals surface area contributed by atoms with Crippen LogP contribution in [-0.2, 0) is 16.1 Å². The van der Waals surface area contributed by atoms with Gasteiger partial charge in [0, 0.05) is 17.4 Å². The number of carbonyl (C=O) groups is 3. The minimum absolute atomic E-state index is 0.172. The van der Waals surface area contributed by atoms with Crippen molar-refractivity contribution >= 4 is 33.7 Å². The summed E-state index contributed by atoms with van der Waals surface area (Å²) in [5, 5.41) is 2.33. The van der Waals surface area contributed by atoms with Crippen LogP contribution in [0, 0.1) is 0 Å². The predicted molar refractivity (Wildman–Crippen MR) is 95.6 cm³/mol. The maximum atomic E-state index is 13.0. The molecular weight excluding hydrogens is 384 g/mol. The molecule has 0 spiro atoms. The van der Waals surface area contributed by atoms with Gasteiger partial charge in [-0.3, -0.25) is 19.7 Å². The molecule has 1 N–H and O–H groups in total. The van der Waals surface area contributed by atoms with Crippen molar-refractivity contribution in [3.05, 3.63) is 58.1 Å². The Morgan fingerprint density at radius 2 is 1.80 bits per heavy atom. The number of halogens is 1. The highest BCUT2D eigenvalue weighted by molar-refractivity contribution is 9.10. The molecule has 3 amide bonds. The first-order chi connectivity index (χ1) is 12.1. The molecule has 1 fully saturated rings. The van der Waals surface area contributed by atoms with Crippen LogP contribution in [0.25, 0.3) is 11.1 Å². The number of hydrogen-bond acceptors (Lipinski definition) is 3. The van der Waals surface area contributed by atoms with Crippen LogP contribution >= 0.6 is 15.9 Å². The number of benzene rings is 2. The van der Waals surface area contributed by atoms with E-state index < -0.39 is 11.9 Å². The van der Waals surface area contributed by atoms with E-state index in [1.54, 1.807) is 4.90 Å². The van der Waals surface area contributed by atoms with Gasteiger partial charge < -0.3 is 4.90 Å². The third-order valence-electron chi connectivity index (χ3n) is 4.74. The van der Waals surface area contributed by atoms with Crippen molar-refractivity contribution in [2.75, 3.05) is 0 Å². The minimum Gasteiger partial charge on any atom is -0.322 e. The van der Waals surface area contributed by atoms with E-state index in [4.69, 9.17) is 0 Å². The summed E-state index contributed by atoms with van der Waals surface area (Å²) in [6.07, 6.45) is 0.617. The van der Waals surface area contributed by atoms with Gasteiger partial charge in [-0.25, -0.2) is 0 Å². The smallest absolute Gasteiger partial charge is 0.256 e. The normalized spacial score (nSPS) is 19.8. The fraction of sp³-hybridized carbons (Fsp3) is 0.211. The first kappa shape index (κ1) is 16.0. The van der Waals surface area contributed by atoms with Gasteiger partial charge in [0.2, 0.25) is 11.8 Å². The van der Waals surface area contributed by atoms with Crippen molar-refractivity contribution in [2.45, 2.75) is 25.4 Å². The molecule has 2 aromatic rings. The fourth-order valence-corrected chi connectivity index (χ4v) is 4.06. The summed E-state index contributed by atoms with van der Waals surface area (Å²) in [6.45, 7) is 0.365. The molecular formula is C19H15BrN2O3. The maximum Gasteiger partial charge on any atom is 0.256 e. The third-order valence-corrected chi connectivity index (χ3v) is 5.40. The van der Waals surface area contributed by atoms with Crippen molar-refractivity contribution in [1.29, 1.82) is 0 Å². The molecule has 0 aliphatic carbocycles. The molecule has 1 atom stereocenters. The Morgan fingerprint density at radius 1 is 1.04 bits per heavy atom. The third kappa shape index (κ3) is 2.66. The Bertz CT molecular complexity index is 895. The van der Waals surface area contributed by atoms with Crippen LogP contribution in [0.3, 0.4) is 0 Å². The topological polar surface area (TPSA) is 66.5 Å². The zero-order valence-electron chi connectivity index (χ0n) is 13.3. The molecule has 126 valence electrons. The number of carbonyl (C=O) groups excluding carboxylic acids is 3. The highest BCUT2D eigenvalue weighted by Gasteiger charge is 2.40. The lowest BCUT2D eigenvalue weighted by atomic mass is 9.97. The van der Waals surface area contributed by atoms with Crippen LogP contribution in [0.2, 0.25) is 0 Å². The van der Waals surface area contributed by atoms with E-state index >= 15 is 0 Å². The first-order valence-corrected chi connectivity index (χ1v) is 8.87. The largest absolute Gasteiger partial charge is 0.322 e. The van der Waals surface area contributed by atoms with Gasteiger partial charge in [-0.05, 0) is 45.1 Å². The van der Waals surface area contributed by atoms with E-state index in [1.807, 2.05) is 42.5 Å². The highest BCUT2D eigenvalue weighted by Crippen LogP contribution is 2.38. The molecule has 6 heteroatoms. The standard InChI is InChI=1S/C19H15BrN2O3/c20-14-7-6-12(11-4-2-1-3-5-11)13-10-22(19(25)17(13)14)15-8-9-16(23)21-18(15)24/h1-7,15H,8-10H2,(H,21,23,24). The van der Waals surface area contributed by atoms with Crippen molar-refractivity contribution in [3.8, 4) is 11.1 Å². The number of fused-ring (bicyclic) bond motifs is 1. The summed E-state index contributed by atoms with van der Waals surface area (Å²) in [4.78, 5) is 38.1. The summed E-state index contributed by atoms with van der Waals surface area (Å²) < 4.78 is 0.724. The van der Waals surface area contributed by atoms with Gasteiger partial charge in [-0.2, -0.15) is 0 Å². The van der Waals surface area contributed by atoms with Gasteiger partial charge in [0.15, 0.2) is 0 Å². The first-order valence-electron chi connectivity index (χ1n) is 8.07. The summed E-state index contributed by atoms with van der Waals surface area (Å²) in [5.41, 5.74) is 3.53. The number of hydrogen-bond donors (Lipinski definition) is 1. The van der Waals surface area contributed by atoms with Gasteiger partial charge in [0.25, 0.3) is 5.91 Å². The Balaban J connectivity index is 1.75. The molecule has 2 aromatic carbocycles. The molecule has 2 aliphatic heterocycles. The second-order valence-corrected chi connectivity index (χ2v) is 7.07. The number of nitrogens with zero attached hydrogens (tertiary/aromatic N) is 1. The lowest BCUT2D eigenvalue weighted by Gasteiger charge is -2.29. The van der Waals surface area contributed by atoms with Crippen LogP contribution in [0.5, 0.6) is 0 Å². The highest BCUT2D eigenvalue weighted by atomic mass is 79.9. The quantitative estimate of drug-likeness (QED) is 0.790. The summed E-state index contributed by atoms with van der Waals surface area (Å²) in [7, 11) is 0. The molecule has 0 saturated carbocycles. The monoisotopic (exact) mass is 398 g/mol. The summed E-state index contributed by atoms with van der Waals surface area (Å²) in [6, 6.07) is 13.1. The van der Waals surface area contributed by atoms with Crippen LogP contribution < -0.4 is 5.32 Å². The SMILES string of the molecule is O=C1CCC(N2Cc3c(-c4ccccc4)ccc(Br)c3C2=O)C(=O)N1. The van der Waals surface area contributed by atoms with Gasteiger partial charge in [-0.1, -0.05) is 36.4 Å². The van der Waals surface area contributed by atoms with Crippen molar-refractivity contribution in [2.24, 2.45) is 0 Å². The molecule has 2 aliphatic rings. The average Bonchev–Trinajstić information content (AvgIpc) is 2.94. The van der Waals surface area contributed by atoms with Crippen molar-refractivity contribution in [1.82, 2.24) is 10.2 Å². The van der Waals surface area contributed by atoms with E-state index in [2.05, 4.69) is 21.2 Å². The van der Waals surface area contributed by atoms with Crippen LogP contribution in [0.4, 0.5) is 0 Å². The fourth-order valence-electron chi connectivity index (χ4n) is 3.52. The molecule has 4 rings (SSSR count). The lowest BCUT2D eigenvalue weighted by molar-refractivity contribution is -0.136. The van der Waals surface area contributed by atoms with Gasteiger partial charge in [0.05, 0.1) is 5.56 Å². The van der Waals surface area contributed by atoms with Crippen molar-refractivity contribution < 1.29 is 14.4 Å². The average molecular weight is 399 g/mol. The Kier molecular flexibility index (Phi) is 3.92. The van der Waals surface area contributed by atoms with Crippen molar-refractivity contribution in [3.63, 3.8) is 0 Å². The van der Waals surface area contributed by atoms with E-state index in [1.165, 1.54) is 0 Å². The molecule has 0 radical (unpaired) electrons. The number of amides is 3. The zero-order chi connectivity index (χ0) is 17.6. The molecule has 5 nitrogen and oxygen atoms in total. The van der Waals surface area contributed by atoms with Crippen LogP contribution in [0.15, 0.2) is 46.9 Å². The molecule has 0 aromatic heterocycles. The maximum absolute atomic E-state index is 13.0. The van der Waals surface area contributed by atoms with E-state index in [9.17, 15) is 14.4 Å². The molecule has 0 bridgehead atoms. The minimum atomic E-state index is -0.604. The second-order valence-electron chi connectivity index (χ2n) is 6.21. The summed E-state index contributed by atoms with van der Waals surface area (Å²) >= 11 is 3.47. The Labute approximate surface area is 153 Å². The van der Waals surface area contributed by atoms with Gasteiger partial charge in [-0.15, -0.1) is 0 Å².